The van der Waals surface area contributed by atoms with Gasteiger partial charge in [-0.05, 0) is 38.3 Å². The Morgan fingerprint density at radius 3 is 2.81 bits per heavy atom. The minimum Gasteiger partial charge on any atom is -0.349 e. The van der Waals surface area contributed by atoms with Gasteiger partial charge in [0.05, 0.1) is 0 Å². The van der Waals surface area contributed by atoms with Crippen LogP contribution in [0.2, 0.25) is 0 Å². The van der Waals surface area contributed by atoms with Gasteiger partial charge >= 0.3 is 0 Å². The van der Waals surface area contributed by atoms with Gasteiger partial charge in [0.2, 0.25) is 5.91 Å². The van der Waals surface area contributed by atoms with Gasteiger partial charge < -0.3 is 10.2 Å². The van der Waals surface area contributed by atoms with Gasteiger partial charge in [-0.3, -0.25) is 14.2 Å². The van der Waals surface area contributed by atoms with Gasteiger partial charge in [-0.15, -0.1) is 11.8 Å². The highest BCUT2D eigenvalue weighted by molar-refractivity contribution is 7.98. The van der Waals surface area contributed by atoms with Crippen molar-refractivity contribution in [3.8, 4) is 0 Å². The third-order valence-electron chi connectivity index (χ3n) is 4.07. The maximum atomic E-state index is 12.7. The van der Waals surface area contributed by atoms with Crippen molar-refractivity contribution in [1.82, 2.24) is 14.5 Å². The standard InChI is InChI=1S/C18H21N5O2S2/c1-4-22(5-2)18-21-16-15(27-18)17(25)23(11-19-16)10-14(24)20-12-7-6-8-13(9-12)26-3/h6-9,11H,4-5,10H2,1-3H3,(H,20,24). The molecule has 0 saturated carbocycles. The van der Waals surface area contributed by atoms with E-state index in [0.29, 0.717) is 16.0 Å². The van der Waals surface area contributed by atoms with E-state index in [2.05, 4.69) is 20.2 Å². The molecule has 2 heterocycles. The Morgan fingerprint density at radius 1 is 1.33 bits per heavy atom. The molecule has 0 saturated heterocycles. The molecule has 0 aliphatic heterocycles. The van der Waals surface area contributed by atoms with Crippen molar-refractivity contribution in [1.29, 1.82) is 0 Å². The van der Waals surface area contributed by atoms with Gasteiger partial charge in [0.1, 0.15) is 17.6 Å². The van der Waals surface area contributed by atoms with Crippen LogP contribution in [-0.4, -0.2) is 39.8 Å². The highest BCUT2D eigenvalue weighted by atomic mass is 32.2. The van der Waals surface area contributed by atoms with E-state index in [4.69, 9.17) is 0 Å². The first-order chi connectivity index (χ1) is 13.0. The average molecular weight is 404 g/mol. The van der Waals surface area contributed by atoms with E-state index in [1.807, 2.05) is 44.4 Å². The molecule has 0 spiro atoms. The molecule has 7 nitrogen and oxygen atoms in total. The first-order valence-electron chi connectivity index (χ1n) is 8.60. The number of nitrogens with one attached hydrogen (secondary N) is 1. The lowest BCUT2D eigenvalue weighted by Crippen LogP contribution is -2.27. The third kappa shape index (κ3) is 4.30. The number of hydrogen-bond donors (Lipinski definition) is 1. The summed E-state index contributed by atoms with van der Waals surface area (Å²) in [6.07, 6.45) is 3.36. The molecule has 1 amide bonds. The lowest BCUT2D eigenvalue weighted by atomic mass is 10.3. The molecule has 3 aromatic rings. The summed E-state index contributed by atoms with van der Waals surface area (Å²) in [4.78, 5) is 36.9. The van der Waals surface area contributed by atoms with E-state index in [0.717, 1.165) is 23.1 Å². The predicted octanol–water partition coefficient (Wildman–Crippen LogP) is 3.06. The Morgan fingerprint density at radius 2 is 2.11 bits per heavy atom. The number of benzene rings is 1. The number of rotatable bonds is 7. The molecule has 142 valence electrons. The SMILES string of the molecule is CCN(CC)c1nc2ncn(CC(=O)Nc3cccc(SC)c3)c(=O)c2s1. The summed E-state index contributed by atoms with van der Waals surface area (Å²) in [7, 11) is 0. The summed E-state index contributed by atoms with van der Waals surface area (Å²) in [5.41, 5.74) is 0.885. The van der Waals surface area contributed by atoms with E-state index in [1.165, 1.54) is 22.2 Å². The van der Waals surface area contributed by atoms with Crippen LogP contribution in [0.3, 0.4) is 0 Å². The summed E-state index contributed by atoms with van der Waals surface area (Å²) in [6.45, 7) is 5.60. The van der Waals surface area contributed by atoms with Crippen LogP contribution in [0.25, 0.3) is 10.3 Å². The Kier molecular flexibility index (Phi) is 6.12. The van der Waals surface area contributed by atoms with Crippen LogP contribution in [0.1, 0.15) is 13.8 Å². The zero-order valence-electron chi connectivity index (χ0n) is 15.4. The highest BCUT2D eigenvalue weighted by Gasteiger charge is 2.15. The highest BCUT2D eigenvalue weighted by Crippen LogP contribution is 2.25. The lowest BCUT2D eigenvalue weighted by molar-refractivity contribution is -0.116. The fourth-order valence-corrected chi connectivity index (χ4v) is 4.19. The van der Waals surface area contributed by atoms with Gasteiger partial charge in [0.25, 0.3) is 5.56 Å². The summed E-state index contributed by atoms with van der Waals surface area (Å²) in [5.74, 6) is -0.273. The van der Waals surface area contributed by atoms with Crippen LogP contribution in [0.5, 0.6) is 0 Å². The van der Waals surface area contributed by atoms with Crippen LogP contribution in [0, 0.1) is 0 Å². The van der Waals surface area contributed by atoms with Gasteiger partial charge in [-0.25, -0.2) is 4.98 Å². The Bertz CT molecular complexity index is 1010. The van der Waals surface area contributed by atoms with E-state index in [9.17, 15) is 9.59 Å². The number of thiazole rings is 1. The van der Waals surface area contributed by atoms with Crippen molar-refractivity contribution in [3.63, 3.8) is 0 Å². The van der Waals surface area contributed by atoms with E-state index in [1.54, 1.807) is 11.8 Å². The molecule has 1 aromatic carbocycles. The largest absolute Gasteiger partial charge is 0.349 e. The van der Waals surface area contributed by atoms with Gasteiger partial charge in [-0.1, -0.05) is 17.4 Å². The van der Waals surface area contributed by atoms with Crippen LogP contribution < -0.4 is 15.8 Å². The molecular weight excluding hydrogens is 382 g/mol. The summed E-state index contributed by atoms with van der Waals surface area (Å²) < 4.78 is 1.79. The van der Waals surface area contributed by atoms with Crippen LogP contribution in [0.4, 0.5) is 10.8 Å². The fraction of sp³-hybridized carbons (Fsp3) is 0.333. The van der Waals surface area contributed by atoms with Crippen molar-refractivity contribution >= 4 is 50.2 Å². The van der Waals surface area contributed by atoms with Crippen molar-refractivity contribution in [2.45, 2.75) is 25.3 Å². The molecule has 3 rings (SSSR count). The second-order valence-electron chi connectivity index (χ2n) is 5.78. The molecule has 2 aromatic heterocycles. The number of amides is 1. The monoisotopic (exact) mass is 403 g/mol. The minimum atomic E-state index is -0.273. The summed E-state index contributed by atoms with van der Waals surface area (Å²) in [5, 5.41) is 3.60. The van der Waals surface area contributed by atoms with E-state index < -0.39 is 0 Å². The maximum absolute atomic E-state index is 12.7. The first-order valence-corrected chi connectivity index (χ1v) is 10.6. The fourth-order valence-electron chi connectivity index (χ4n) is 2.63. The zero-order chi connectivity index (χ0) is 19.4. The van der Waals surface area contributed by atoms with Crippen molar-refractivity contribution < 1.29 is 4.79 Å². The summed E-state index contributed by atoms with van der Waals surface area (Å²) in [6, 6.07) is 7.57. The average Bonchev–Trinajstić information content (AvgIpc) is 3.10. The molecule has 0 fully saturated rings. The zero-order valence-corrected chi connectivity index (χ0v) is 17.1. The normalized spacial score (nSPS) is 10.9. The second-order valence-corrected chi connectivity index (χ2v) is 7.64. The second kappa shape index (κ2) is 8.53. The van der Waals surface area contributed by atoms with Gasteiger partial charge in [0, 0.05) is 23.7 Å². The van der Waals surface area contributed by atoms with Crippen LogP contribution in [0.15, 0.2) is 40.3 Å². The number of aromatic nitrogens is 3. The molecule has 1 N–H and O–H groups in total. The molecule has 9 heteroatoms. The van der Waals surface area contributed by atoms with Crippen LogP contribution >= 0.6 is 23.1 Å². The minimum absolute atomic E-state index is 0.0935. The van der Waals surface area contributed by atoms with Gasteiger partial charge in [0.15, 0.2) is 10.8 Å². The van der Waals surface area contributed by atoms with Gasteiger partial charge in [-0.2, -0.15) is 4.98 Å². The number of fused-ring (bicyclic) bond motifs is 1. The molecule has 0 unspecified atom stereocenters. The smallest absolute Gasteiger partial charge is 0.273 e. The first kappa shape index (κ1) is 19.4. The number of nitrogens with zero attached hydrogens (tertiary/aromatic N) is 4. The number of anilines is 2. The lowest BCUT2D eigenvalue weighted by Gasteiger charge is -2.15. The number of carbonyl (C=O) groups is 1. The van der Waals surface area contributed by atoms with Crippen molar-refractivity contribution in [2.24, 2.45) is 0 Å². The predicted molar refractivity (Wildman–Crippen MR) is 112 cm³/mol. The molecule has 0 bridgehead atoms. The molecule has 0 aliphatic rings. The van der Waals surface area contributed by atoms with E-state index in [-0.39, 0.29) is 18.0 Å². The molecular formula is C18H21N5O2S2. The Labute approximate surface area is 165 Å². The third-order valence-corrected chi connectivity index (χ3v) is 5.89. The van der Waals surface area contributed by atoms with Crippen molar-refractivity contribution in [2.75, 3.05) is 29.6 Å². The quantitative estimate of drug-likeness (QED) is 0.611. The molecule has 0 atom stereocenters. The van der Waals surface area contributed by atoms with Crippen molar-refractivity contribution in [3.05, 3.63) is 40.9 Å². The maximum Gasteiger partial charge on any atom is 0.273 e. The Balaban J connectivity index is 1.81. The molecule has 0 radical (unpaired) electrons. The number of hydrogen-bond acceptors (Lipinski definition) is 7. The van der Waals surface area contributed by atoms with Crippen LogP contribution in [-0.2, 0) is 11.3 Å². The Hall–Kier alpha value is -2.39. The summed E-state index contributed by atoms with van der Waals surface area (Å²) >= 11 is 2.92. The number of carbonyl (C=O) groups excluding carboxylic acids is 1. The molecule has 0 aliphatic carbocycles. The van der Waals surface area contributed by atoms with E-state index >= 15 is 0 Å². The number of thioether (sulfide) groups is 1. The topological polar surface area (TPSA) is 80.1 Å². The molecule has 27 heavy (non-hydrogen) atoms.